The summed E-state index contributed by atoms with van der Waals surface area (Å²) in [4.78, 5) is 13.4. The summed E-state index contributed by atoms with van der Waals surface area (Å²) in [6.07, 6.45) is 4.92. The lowest BCUT2D eigenvalue weighted by Gasteiger charge is -2.09. The third kappa shape index (κ3) is 1.82. The van der Waals surface area contributed by atoms with Gasteiger partial charge in [-0.2, -0.15) is 0 Å². The summed E-state index contributed by atoms with van der Waals surface area (Å²) in [6.45, 7) is 1.96. The molecule has 0 saturated carbocycles. The minimum atomic E-state index is 0.691. The lowest BCUT2D eigenvalue weighted by Crippen LogP contribution is -2.12. The molecule has 5 nitrogen and oxygen atoms in total. The summed E-state index contributed by atoms with van der Waals surface area (Å²) in [7, 11) is 0. The molecular weight excluding hydrogens is 226 g/mol. The maximum Gasteiger partial charge on any atom is 0.163 e. The van der Waals surface area contributed by atoms with Crippen LogP contribution in [0.3, 0.4) is 0 Å². The molecule has 0 spiro atoms. The number of fused-ring (bicyclic) bond motifs is 1. The molecule has 18 heavy (non-hydrogen) atoms. The first-order chi connectivity index (χ1) is 8.78. The van der Waals surface area contributed by atoms with Crippen molar-refractivity contribution in [3.8, 4) is 11.4 Å². The molecule has 5 heteroatoms. The average Bonchev–Trinajstić information content (AvgIpc) is 2.86. The number of hydrazine groups is 1. The molecule has 0 amide bonds. The van der Waals surface area contributed by atoms with Gasteiger partial charge in [0.1, 0.15) is 5.82 Å². The zero-order valence-electron chi connectivity index (χ0n) is 10.3. The molecule has 0 fully saturated rings. The predicted molar refractivity (Wildman–Crippen MR) is 69.8 cm³/mol. The van der Waals surface area contributed by atoms with Gasteiger partial charge in [-0.3, -0.25) is 4.98 Å². The first-order valence-corrected chi connectivity index (χ1v) is 6.07. The van der Waals surface area contributed by atoms with Crippen LogP contribution in [0.1, 0.15) is 23.4 Å². The molecule has 0 unspecified atom stereocenters. The average molecular weight is 241 g/mol. The lowest BCUT2D eigenvalue weighted by atomic mass is 10.2. The van der Waals surface area contributed by atoms with Crippen LogP contribution >= 0.6 is 0 Å². The van der Waals surface area contributed by atoms with Crippen molar-refractivity contribution in [3.63, 3.8) is 0 Å². The Bertz CT molecular complexity index is 577. The third-order valence-electron chi connectivity index (χ3n) is 3.24. The van der Waals surface area contributed by atoms with Crippen LogP contribution in [0, 0.1) is 6.92 Å². The van der Waals surface area contributed by atoms with E-state index in [-0.39, 0.29) is 0 Å². The van der Waals surface area contributed by atoms with E-state index >= 15 is 0 Å². The van der Waals surface area contributed by atoms with Gasteiger partial charge in [0.2, 0.25) is 0 Å². The topological polar surface area (TPSA) is 76.7 Å². The van der Waals surface area contributed by atoms with E-state index in [1.165, 1.54) is 0 Å². The van der Waals surface area contributed by atoms with E-state index in [0.29, 0.717) is 5.82 Å². The largest absolute Gasteiger partial charge is 0.308 e. The molecule has 2 aromatic rings. The zero-order chi connectivity index (χ0) is 12.5. The van der Waals surface area contributed by atoms with Gasteiger partial charge in [-0.05, 0) is 38.3 Å². The van der Waals surface area contributed by atoms with Crippen molar-refractivity contribution in [2.75, 3.05) is 5.43 Å². The van der Waals surface area contributed by atoms with Crippen molar-refractivity contribution in [2.45, 2.75) is 26.2 Å². The molecule has 2 aromatic heterocycles. The van der Waals surface area contributed by atoms with Gasteiger partial charge in [0.15, 0.2) is 5.82 Å². The van der Waals surface area contributed by atoms with E-state index in [9.17, 15) is 0 Å². The summed E-state index contributed by atoms with van der Waals surface area (Å²) < 4.78 is 0. The zero-order valence-corrected chi connectivity index (χ0v) is 10.3. The van der Waals surface area contributed by atoms with Crippen LogP contribution in [0.25, 0.3) is 11.4 Å². The third-order valence-corrected chi connectivity index (χ3v) is 3.24. The number of aromatic nitrogens is 3. The molecule has 0 bridgehead atoms. The molecule has 3 N–H and O–H groups in total. The Labute approximate surface area is 105 Å². The second-order valence-corrected chi connectivity index (χ2v) is 4.51. The minimum absolute atomic E-state index is 0.691. The van der Waals surface area contributed by atoms with Crippen LogP contribution in [0.2, 0.25) is 0 Å². The second-order valence-electron chi connectivity index (χ2n) is 4.51. The number of hydrogen-bond acceptors (Lipinski definition) is 5. The number of nitrogens with two attached hydrogens (primary N) is 1. The summed E-state index contributed by atoms with van der Waals surface area (Å²) in [5, 5.41) is 0. The maximum atomic E-state index is 5.54. The van der Waals surface area contributed by atoms with Gasteiger partial charge in [0.05, 0.1) is 0 Å². The van der Waals surface area contributed by atoms with Crippen molar-refractivity contribution in [3.05, 3.63) is 35.3 Å². The number of hydrogen-bond donors (Lipinski definition) is 2. The van der Waals surface area contributed by atoms with Crippen molar-refractivity contribution in [1.29, 1.82) is 0 Å². The number of anilines is 1. The van der Waals surface area contributed by atoms with Crippen molar-refractivity contribution < 1.29 is 0 Å². The van der Waals surface area contributed by atoms with Crippen LogP contribution in [0.15, 0.2) is 18.3 Å². The summed E-state index contributed by atoms with van der Waals surface area (Å²) in [5.74, 6) is 6.97. The Morgan fingerprint density at radius 3 is 2.83 bits per heavy atom. The van der Waals surface area contributed by atoms with Crippen molar-refractivity contribution in [1.82, 2.24) is 15.0 Å². The second kappa shape index (κ2) is 4.34. The molecule has 0 radical (unpaired) electrons. The van der Waals surface area contributed by atoms with Gasteiger partial charge in [-0.15, -0.1) is 0 Å². The fourth-order valence-corrected chi connectivity index (χ4v) is 2.28. The standard InChI is InChI=1S/C13H15N5/c1-8-5-6-9(7-15-8)12-16-11-4-2-3-10(11)13(17-12)18-14/h5-7H,2-4,14H2,1H3,(H,16,17,18). The Kier molecular flexibility index (Phi) is 2.68. The van der Waals surface area contributed by atoms with Crippen molar-refractivity contribution >= 4 is 5.82 Å². The Hall–Kier alpha value is -2.01. The van der Waals surface area contributed by atoms with Gasteiger partial charge >= 0.3 is 0 Å². The highest BCUT2D eigenvalue weighted by atomic mass is 15.3. The molecule has 0 atom stereocenters. The molecule has 0 aromatic carbocycles. The normalized spacial score (nSPS) is 13.4. The molecule has 3 rings (SSSR count). The van der Waals surface area contributed by atoms with E-state index in [4.69, 9.17) is 5.84 Å². The molecular formula is C13H15N5. The highest BCUT2D eigenvalue weighted by Gasteiger charge is 2.19. The molecule has 0 saturated heterocycles. The number of rotatable bonds is 2. The van der Waals surface area contributed by atoms with Gasteiger partial charge in [0, 0.05) is 28.7 Å². The lowest BCUT2D eigenvalue weighted by molar-refractivity contribution is 0.900. The first kappa shape index (κ1) is 11.1. The highest BCUT2D eigenvalue weighted by Crippen LogP contribution is 2.28. The number of nitrogens with one attached hydrogen (secondary N) is 1. The molecule has 1 aliphatic rings. The van der Waals surface area contributed by atoms with Crippen LogP contribution in [-0.2, 0) is 12.8 Å². The fourth-order valence-electron chi connectivity index (χ4n) is 2.28. The van der Waals surface area contributed by atoms with Crippen LogP contribution in [0.5, 0.6) is 0 Å². The Morgan fingerprint density at radius 2 is 2.11 bits per heavy atom. The summed E-state index contributed by atoms with van der Waals surface area (Å²) >= 11 is 0. The molecule has 0 aliphatic heterocycles. The van der Waals surface area contributed by atoms with E-state index in [1.54, 1.807) is 6.20 Å². The summed E-state index contributed by atoms with van der Waals surface area (Å²) in [6, 6.07) is 3.95. The maximum absolute atomic E-state index is 5.54. The van der Waals surface area contributed by atoms with E-state index < -0.39 is 0 Å². The Morgan fingerprint density at radius 1 is 1.22 bits per heavy atom. The van der Waals surface area contributed by atoms with E-state index in [0.717, 1.165) is 47.6 Å². The monoisotopic (exact) mass is 241 g/mol. The van der Waals surface area contributed by atoms with Gasteiger partial charge in [-0.25, -0.2) is 15.8 Å². The quantitative estimate of drug-likeness (QED) is 0.617. The van der Waals surface area contributed by atoms with E-state index in [2.05, 4.69) is 20.4 Å². The Balaban J connectivity index is 2.10. The van der Waals surface area contributed by atoms with Crippen LogP contribution in [0.4, 0.5) is 5.82 Å². The first-order valence-electron chi connectivity index (χ1n) is 6.07. The number of nitrogens with zero attached hydrogens (tertiary/aromatic N) is 3. The van der Waals surface area contributed by atoms with Gasteiger partial charge in [0.25, 0.3) is 0 Å². The number of aryl methyl sites for hydroxylation is 2. The van der Waals surface area contributed by atoms with Gasteiger partial charge in [-0.1, -0.05) is 0 Å². The number of nitrogen functional groups attached to an aromatic ring is 1. The molecule has 2 heterocycles. The summed E-state index contributed by atoms with van der Waals surface area (Å²) in [5.41, 5.74) is 6.84. The number of pyridine rings is 1. The van der Waals surface area contributed by atoms with E-state index in [1.807, 2.05) is 19.1 Å². The smallest absolute Gasteiger partial charge is 0.163 e. The minimum Gasteiger partial charge on any atom is -0.308 e. The molecule has 1 aliphatic carbocycles. The molecule has 92 valence electrons. The highest BCUT2D eigenvalue weighted by molar-refractivity contribution is 5.59. The fraction of sp³-hybridized carbons (Fsp3) is 0.308. The van der Waals surface area contributed by atoms with Crippen LogP contribution < -0.4 is 11.3 Å². The van der Waals surface area contributed by atoms with Crippen LogP contribution in [-0.4, -0.2) is 15.0 Å². The van der Waals surface area contributed by atoms with Crippen molar-refractivity contribution in [2.24, 2.45) is 5.84 Å². The van der Waals surface area contributed by atoms with Gasteiger partial charge < -0.3 is 5.43 Å². The SMILES string of the molecule is Cc1ccc(-c2nc3c(c(NN)n2)CCC3)cn1. The predicted octanol–water partition coefficient (Wildman–Crippen LogP) is 1.62.